The van der Waals surface area contributed by atoms with Crippen molar-refractivity contribution < 1.29 is 9.18 Å². The minimum Gasteiger partial charge on any atom is -0.341 e. The number of halogens is 1. The van der Waals surface area contributed by atoms with Gasteiger partial charge in [-0.3, -0.25) is 4.79 Å². The molecule has 2 heterocycles. The second-order valence-corrected chi connectivity index (χ2v) is 9.63. The van der Waals surface area contributed by atoms with Crippen LogP contribution in [0.15, 0.2) is 61.1 Å². The molecule has 4 nitrogen and oxygen atoms in total. The van der Waals surface area contributed by atoms with Crippen molar-refractivity contribution in [2.45, 2.75) is 57.3 Å². The number of nitrogens with zero attached hydrogens (tertiary/aromatic N) is 3. The second kappa shape index (κ2) is 9.50. The quantitative estimate of drug-likeness (QED) is 0.493. The van der Waals surface area contributed by atoms with E-state index in [0.717, 1.165) is 56.5 Å². The predicted octanol–water partition coefficient (Wildman–Crippen LogP) is 5.86. The number of piperidine rings is 1. The molecule has 3 aromatic rings. The van der Waals surface area contributed by atoms with E-state index in [1.54, 1.807) is 12.4 Å². The lowest BCUT2D eigenvalue weighted by Gasteiger charge is -2.39. The van der Waals surface area contributed by atoms with Gasteiger partial charge in [0, 0.05) is 42.7 Å². The molecule has 2 fully saturated rings. The van der Waals surface area contributed by atoms with Crippen LogP contribution in [0.3, 0.4) is 0 Å². The fourth-order valence-electron chi connectivity index (χ4n) is 5.52. The number of aromatic nitrogens is 2. The summed E-state index contributed by atoms with van der Waals surface area (Å²) in [5.74, 6) is 0.687. The van der Waals surface area contributed by atoms with Crippen molar-refractivity contribution in [2.24, 2.45) is 5.92 Å². The number of likely N-dealkylation sites (tertiary alicyclic amines) is 1. The first-order valence-corrected chi connectivity index (χ1v) is 12.3. The van der Waals surface area contributed by atoms with Crippen LogP contribution in [-0.2, 0) is 11.2 Å². The van der Waals surface area contributed by atoms with Gasteiger partial charge in [0.25, 0.3) is 0 Å². The third-order valence-electron chi connectivity index (χ3n) is 7.45. The van der Waals surface area contributed by atoms with Gasteiger partial charge in [-0.1, -0.05) is 50.1 Å². The van der Waals surface area contributed by atoms with E-state index in [2.05, 4.69) is 36.1 Å². The molecular formula is C28H32FN3O. The molecule has 0 N–H and O–H groups in total. The molecule has 2 atom stereocenters. The van der Waals surface area contributed by atoms with Crippen LogP contribution >= 0.6 is 0 Å². The van der Waals surface area contributed by atoms with Gasteiger partial charge in [-0.05, 0) is 55.0 Å². The molecule has 5 heteroatoms. The summed E-state index contributed by atoms with van der Waals surface area (Å²) in [4.78, 5) is 20.2. The molecule has 0 bridgehead atoms. The zero-order chi connectivity index (χ0) is 22.8. The van der Waals surface area contributed by atoms with Gasteiger partial charge >= 0.3 is 0 Å². The topological polar surface area (TPSA) is 38.1 Å². The summed E-state index contributed by atoms with van der Waals surface area (Å²) in [5.41, 5.74) is 4.36. The number of carbonyl (C=O) groups is 1. The van der Waals surface area contributed by atoms with Gasteiger partial charge in [-0.15, -0.1) is 0 Å². The smallest absolute Gasteiger partial charge is 0.225 e. The van der Waals surface area contributed by atoms with Gasteiger partial charge < -0.3 is 9.47 Å². The molecule has 1 aromatic heterocycles. The predicted molar refractivity (Wildman–Crippen MR) is 128 cm³/mol. The molecule has 5 rings (SSSR count). The Morgan fingerprint density at radius 1 is 1.06 bits per heavy atom. The van der Waals surface area contributed by atoms with Crippen LogP contribution < -0.4 is 0 Å². The number of rotatable bonds is 5. The van der Waals surface area contributed by atoms with Crippen LogP contribution in [0.5, 0.6) is 0 Å². The maximum atomic E-state index is 13.7. The van der Waals surface area contributed by atoms with E-state index in [1.165, 1.54) is 23.3 Å². The molecule has 2 unspecified atom stereocenters. The third kappa shape index (κ3) is 4.73. The molecule has 1 aliphatic carbocycles. The van der Waals surface area contributed by atoms with Gasteiger partial charge in [0.15, 0.2) is 0 Å². The number of imidazole rings is 1. The van der Waals surface area contributed by atoms with Crippen LogP contribution in [0.4, 0.5) is 4.39 Å². The first kappa shape index (κ1) is 21.9. The highest BCUT2D eigenvalue weighted by atomic mass is 19.1. The molecule has 1 saturated carbocycles. The Hall–Kier alpha value is -2.95. The molecule has 0 spiro atoms. The SMILES string of the molecule is CCc1ccc(C2CC(c3cn(-c4cccc(F)c4)cn3)CN(C(=O)C3CCCC3)C2)cc1. The van der Waals surface area contributed by atoms with E-state index in [9.17, 15) is 9.18 Å². The zero-order valence-electron chi connectivity index (χ0n) is 19.3. The van der Waals surface area contributed by atoms with E-state index >= 15 is 0 Å². The Kier molecular flexibility index (Phi) is 6.30. The summed E-state index contributed by atoms with van der Waals surface area (Å²) < 4.78 is 15.6. The van der Waals surface area contributed by atoms with Gasteiger partial charge in [0.05, 0.1) is 12.0 Å². The number of hydrogen-bond acceptors (Lipinski definition) is 2. The van der Waals surface area contributed by atoms with Crippen molar-refractivity contribution in [3.05, 3.63) is 83.7 Å². The molecule has 172 valence electrons. The Balaban J connectivity index is 1.42. The molecule has 0 radical (unpaired) electrons. The maximum absolute atomic E-state index is 13.7. The van der Waals surface area contributed by atoms with Crippen molar-refractivity contribution in [2.75, 3.05) is 13.1 Å². The molecule has 1 saturated heterocycles. The summed E-state index contributed by atoms with van der Waals surface area (Å²) in [5, 5.41) is 0. The van der Waals surface area contributed by atoms with Crippen LogP contribution in [-0.4, -0.2) is 33.4 Å². The monoisotopic (exact) mass is 445 g/mol. The van der Waals surface area contributed by atoms with Crippen molar-refractivity contribution in [3.8, 4) is 5.69 Å². The third-order valence-corrected chi connectivity index (χ3v) is 7.45. The first-order valence-electron chi connectivity index (χ1n) is 12.3. The minimum atomic E-state index is -0.260. The molecular weight excluding hydrogens is 413 g/mol. The number of carbonyl (C=O) groups excluding carboxylic acids is 1. The van der Waals surface area contributed by atoms with Crippen molar-refractivity contribution in [3.63, 3.8) is 0 Å². The largest absolute Gasteiger partial charge is 0.341 e. The normalized spacial score (nSPS) is 21.5. The Labute approximate surface area is 195 Å². The Morgan fingerprint density at radius 3 is 2.55 bits per heavy atom. The summed E-state index contributed by atoms with van der Waals surface area (Å²) in [6, 6.07) is 15.4. The van der Waals surface area contributed by atoms with Gasteiger partial charge in [0.1, 0.15) is 5.82 Å². The highest BCUT2D eigenvalue weighted by Crippen LogP contribution is 2.37. The van der Waals surface area contributed by atoms with Crippen LogP contribution in [0, 0.1) is 11.7 Å². The van der Waals surface area contributed by atoms with Crippen molar-refractivity contribution in [1.82, 2.24) is 14.5 Å². The summed E-state index contributed by atoms with van der Waals surface area (Å²) in [6.07, 6.45) is 10.1. The van der Waals surface area contributed by atoms with Gasteiger partial charge in [-0.25, -0.2) is 9.37 Å². The lowest BCUT2D eigenvalue weighted by molar-refractivity contribution is -0.137. The highest BCUT2D eigenvalue weighted by Gasteiger charge is 2.36. The minimum absolute atomic E-state index is 0.162. The Morgan fingerprint density at radius 2 is 1.82 bits per heavy atom. The fraction of sp³-hybridized carbons (Fsp3) is 0.429. The summed E-state index contributed by atoms with van der Waals surface area (Å²) >= 11 is 0. The fourth-order valence-corrected chi connectivity index (χ4v) is 5.52. The average Bonchev–Trinajstić information content (AvgIpc) is 3.56. The summed E-state index contributed by atoms with van der Waals surface area (Å²) in [7, 11) is 0. The van der Waals surface area contributed by atoms with Crippen LogP contribution in [0.2, 0.25) is 0 Å². The first-order chi connectivity index (χ1) is 16.1. The standard InChI is InChI=1S/C28H32FN3O/c1-2-20-10-12-21(13-11-20)23-14-24(17-31(16-23)28(33)22-6-3-4-7-22)27-18-32(19-30-27)26-9-5-8-25(29)15-26/h5,8-13,15,18-19,22-24H,2-4,6-7,14,16-17H2,1H3. The number of hydrogen-bond donors (Lipinski definition) is 0. The highest BCUT2D eigenvalue weighted by molar-refractivity contribution is 5.79. The molecule has 1 amide bonds. The van der Waals surface area contributed by atoms with Crippen molar-refractivity contribution in [1.29, 1.82) is 0 Å². The van der Waals surface area contributed by atoms with Gasteiger partial charge in [0.2, 0.25) is 5.91 Å². The van der Waals surface area contributed by atoms with E-state index in [4.69, 9.17) is 4.98 Å². The molecule has 2 aromatic carbocycles. The molecule has 33 heavy (non-hydrogen) atoms. The summed E-state index contributed by atoms with van der Waals surface area (Å²) in [6.45, 7) is 3.66. The number of aryl methyl sites for hydroxylation is 1. The number of amides is 1. The lowest BCUT2D eigenvalue weighted by atomic mass is 9.82. The Bertz CT molecular complexity index is 1100. The van der Waals surface area contributed by atoms with E-state index in [0.29, 0.717) is 18.4 Å². The van der Waals surface area contributed by atoms with Crippen LogP contribution in [0.25, 0.3) is 5.69 Å². The van der Waals surface area contributed by atoms with E-state index in [1.807, 2.05) is 16.8 Å². The lowest BCUT2D eigenvalue weighted by Crippen LogP contribution is -2.44. The van der Waals surface area contributed by atoms with E-state index < -0.39 is 0 Å². The number of benzene rings is 2. The average molecular weight is 446 g/mol. The maximum Gasteiger partial charge on any atom is 0.225 e. The van der Waals surface area contributed by atoms with Crippen molar-refractivity contribution >= 4 is 5.91 Å². The molecule has 2 aliphatic rings. The van der Waals surface area contributed by atoms with Gasteiger partial charge in [-0.2, -0.15) is 0 Å². The zero-order valence-corrected chi connectivity index (χ0v) is 19.3. The van der Waals surface area contributed by atoms with E-state index in [-0.39, 0.29) is 17.7 Å². The molecule has 1 aliphatic heterocycles. The second-order valence-electron chi connectivity index (χ2n) is 9.63. The van der Waals surface area contributed by atoms with Crippen LogP contribution in [0.1, 0.15) is 67.7 Å².